The van der Waals surface area contributed by atoms with E-state index in [9.17, 15) is 26.0 Å². The maximum atomic E-state index is 13.3. The number of nitrogens with one attached hydrogen (secondary N) is 1. The lowest BCUT2D eigenvalue weighted by atomic mass is 10.2. The van der Waals surface area contributed by atoms with E-state index < -0.39 is 32.5 Å². The van der Waals surface area contributed by atoms with E-state index in [0.717, 1.165) is 13.0 Å². The standard InChI is InChI=1S/C18H17ClF4N2O3S/c1-25-7-6-13(10-25)28-16-9-12(3-4-15(16)19)24-29(26,27)17-5-2-11(20)8-14(17)18(21,22)23/h2-5,8-9,13,24H,6-7,10H2,1H3/t13-/m1/s1. The fraction of sp³-hybridized carbons (Fsp3) is 0.333. The van der Waals surface area contributed by atoms with Gasteiger partial charge in [-0.2, -0.15) is 13.2 Å². The van der Waals surface area contributed by atoms with Gasteiger partial charge in [-0.05, 0) is 43.8 Å². The first-order valence-corrected chi connectivity index (χ1v) is 10.4. The molecule has 11 heteroatoms. The minimum absolute atomic E-state index is 0.0341. The Hall–Kier alpha value is -2.04. The summed E-state index contributed by atoms with van der Waals surface area (Å²) in [6.45, 7) is 1.50. The summed E-state index contributed by atoms with van der Waals surface area (Å²) >= 11 is 6.10. The number of benzene rings is 2. The third-order valence-corrected chi connectivity index (χ3v) is 6.11. The van der Waals surface area contributed by atoms with Crippen LogP contribution in [0.5, 0.6) is 5.75 Å². The fourth-order valence-electron chi connectivity index (χ4n) is 3.00. The van der Waals surface area contributed by atoms with E-state index in [1.54, 1.807) is 0 Å². The van der Waals surface area contributed by atoms with Crippen molar-refractivity contribution in [1.82, 2.24) is 4.90 Å². The Morgan fingerprint density at radius 1 is 1.21 bits per heavy atom. The third-order valence-electron chi connectivity index (χ3n) is 4.36. The van der Waals surface area contributed by atoms with E-state index in [4.69, 9.17) is 16.3 Å². The van der Waals surface area contributed by atoms with E-state index in [-0.39, 0.29) is 28.6 Å². The van der Waals surface area contributed by atoms with Crippen molar-refractivity contribution in [3.63, 3.8) is 0 Å². The van der Waals surface area contributed by atoms with E-state index in [2.05, 4.69) is 9.62 Å². The van der Waals surface area contributed by atoms with Crippen LogP contribution in [0.3, 0.4) is 0 Å². The summed E-state index contributed by atoms with van der Waals surface area (Å²) in [6.07, 6.45) is -4.43. The summed E-state index contributed by atoms with van der Waals surface area (Å²) in [4.78, 5) is 0.972. The first-order chi connectivity index (χ1) is 13.5. The monoisotopic (exact) mass is 452 g/mol. The number of hydrogen-bond acceptors (Lipinski definition) is 4. The van der Waals surface area contributed by atoms with Gasteiger partial charge in [0, 0.05) is 19.2 Å². The highest BCUT2D eigenvalue weighted by molar-refractivity contribution is 7.92. The van der Waals surface area contributed by atoms with Crippen LogP contribution in [0.25, 0.3) is 0 Å². The smallest absolute Gasteiger partial charge is 0.417 e. The van der Waals surface area contributed by atoms with Crippen LogP contribution < -0.4 is 9.46 Å². The van der Waals surface area contributed by atoms with Crippen LogP contribution in [-0.2, 0) is 16.2 Å². The van der Waals surface area contributed by atoms with E-state index in [0.29, 0.717) is 18.7 Å². The Morgan fingerprint density at radius 3 is 2.55 bits per heavy atom. The molecule has 2 aromatic carbocycles. The summed E-state index contributed by atoms with van der Waals surface area (Å²) in [5, 5.41) is 0.236. The van der Waals surface area contributed by atoms with Gasteiger partial charge in [0.05, 0.1) is 21.2 Å². The van der Waals surface area contributed by atoms with Crippen molar-refractivity contribution >= 4 is 27.3 Å². The summed E-state index contributed by atoms with van der Waals surface area (Å²) in [5.41, 5.74) is -1.63. The van der Waals surface area contributed by atoms with Crippen molar-refractivity contribution in [2.75, 3.05) is 24.9 Å². The van der Waals surface area contributed by atoms with E-state index >= 15 is 0 Å². The SMILES string of the molecule is CN1CC[C@@H](Oc2cc(NS(=O)(=O)c3ccc(F)cc3C(F)(F)F)ccc2Cl)C1. The van der Waals surface area contributed by atoms with Crippen LogP contribution >= 0.6 is 11.6 Å². The van der Waals surface area contributed by atoms with Crippen LogP contribution in [0.4, 0.5) is 23.2 Å². The molecule has 0 aromatic heterocycles. The number of hydrogen-bond donors (Lipinski definition) is 1. The second-order valence-corrected chi connectivity index (χ2v) is 8.74. The number of sulfonamides is 1. The molecule has 0 bridgehead atoms. The zero-order chi connectivity index (χ0) is 21.4. The molecule has 1 aliphatic rings. The predicted molar refractivity (Wildman–Crippen MR) is 100 cm³/mol. The highest BCUT2D eigenvalue weighted by Gasteiger charge is 2.37. The lowest BCUT2D eigenvalue weighted by Gasteiger charge is -2.17. The first kappa shape index (κ1) is 21.7. The molecule has 1 heterocycles. The van der Waals surface area contributed by atoms with Gasteiger partial charge in [-0.15, -0.1) is 0 Å². The Bertz CT molecular complexity index is 1010. The fourth-order valence-corrected chi connectivity index (χ4v) is 4.42. The van der Waals surface area contributed by atoms with Gasteiger partial charge in [-0.3, -0.25) is 4.72 Å². The molecule has 1 fully saturated rings. The van der Waals surface area contributed by atoms with Gasteiger partial charge in [-0.25, -0.2) is 12.8 Å². The lowest BCUT2D eigenvalue weighted by molar-refractivity contribution is -0.140. The Kier molecular flexibility index (Phi) is 5.98. The summed E-state index contributed by atoms with van der Waals surface area (Å²) in [5.74, 6) is -0.984. The van der Waals surface area contributed by atoms with Crippen molar-refractivity contribution in [3.8, 4) is 5.75 Å². The number of ether oxygens (including phenoxy) is 1. The number of likely N-dealkylation sites (tertiary alicyclic amines) is 1. The number of anilines is 1. The molecular formula is C18H17ClF4N2O3S. The highest BCUT2D eigenvalue weighted by Crippen LogP contribution is 2.36. The topological polar surface area (TPSA) is 58.6 Å². The molecule has 0 spiro atoms. The average Bonchev–Trinajstić information content (AvgIpc) is 3.01. The first-order valence-electron chi connectivity index (χ1n) is 8.50. The largest absolute Gasteiger partial charge is 0.487 e. The molecule has 1 atom stereocenters. The second-order valence-electron chi connectivity index (χ2n) is 6.68. The molecule has 5 nitrogen and oxygen atoms in total. The van der Waals surface area contributed by atoms with Crippen LogP contribution in [0.2, 0.25) is 5.02 Å². The van der Waals surface area contributed by atoms with Gasteiger partial charge >= 0.3 is 6.18 Å². The Morgan fingerprint density at radius 2 is 1.93 bits per heavy atom. The number of rotatable bonds is 5. The van der Waals surface area contributed by atoms with Crippen LogP contribution in [-0.4, -0.2) is 39.6 Å². The number of alkyl halides is 3. The molecule has 3 rings (SSSR count). The van der Waals surface area contributed by atoms with Crippen LogP contribution in [0.15, 0.2) is 41.3 Å². The van der Waals surface area contributed by atoms with E-state index in [1.165, 1.54) is 18.2 Å². The molecule has 1 N–H and O–H groups in total. The molecule has 0 amide bonds. The van der Waals surface area contributed by atoms with Gasteiger partial charge in [0.15, 0.2) is 0 Å². The molecule has 2 aromatic rings. The molecule has 0 aliphatic carbocycles. The molecule has 0 saturated carbocycles. The normalized spacial score (nSPS) is 18.1. The molecule has 1 aliphatic heterocycles. The Balaban J connectivity index is 1.89. The number of halogens is 5. The molecule has 0 unspecified atom stereocenters. The van der Waals surface area contributed by atoms with Gasteiger partial charge in [0.1, 0.15) is 17.7 Å². The van der Waals surface area contributed by atoms with Crippen molar-refractivity contribution in [3.05, 3.63) is 52.8 Å². The second kappa shape index (κ2) is 8.00. The predicted octanol–water partition coefficient (Wildman–Crippen LogP) is 4.38. The van der Waals surface area contributed by atoms with Crippen LogP contribution in [0, 0.1) is 5.82 Å². The molecule has 29 heavy (non-hydrogen) atoms. The number of likely N-dealkylation sites (N-methyl/N-ethyl adjacent to an activating group) is 1. The van der Waals surface area contributed by atoms with Crippen molar-refractivity contribution in [2.45, 2.75) is 23.6 Å². The van der Waals surface area contributed by atoms with Crippen molar-refractivity contribution in [2.24, 2.45) is 0 Å². The summed E-state index contributed by atoms with van der Waals surface area (Å²) < 4.78 is 85.7. The maximum Gasteiger partial charge on any atom is 0.417 e. The minimum atomic E-state index is -5.05. The van der Waals surface area contributed by atoms with Crippen molar-refractivity contribution in [1.29, 1.82) is 0 Å². The Labute approximate surface area is 170 Å². The summed E-state index contributed by atoms with van der Waals surface area (Å²) in [6, 6.07) is 5.34. The summed E-state index contributed by atoms with van der Waals surface area (Å²) in [7, 11) is -2.73. The van der Waals surface area contributed by atoms with Gasteiger partial charge in [-0.1, -0.05) is 11.6 Å². The molecule has 158 valence electrons. The zero-order valence-electron chi connectivity index (χ0n) is 15.1. The van der Waals surface area contributed by atoms with E-state index in [1.807, 2.05) is 7.05 Å². The van der Waals surface area contributed by atoms with Gasteiger partial charge in [0.2, 0.25) is 0 Å². The maximum absolute atomic E-state index is 13.3. The average molecular weight is 453 g/mol. The highest BCUT2D eigenvalue weighted by atomic mass is 35.5. The third kappa shape index (κ3) is 5.12. The number of nitrogens with zero attached hydrogens (tertiary/aromatic N) is 1. The van der Waals surface area contributed by atoms with Gasteiger partial charge in [0.25, 0.3) is 10.0 Å². The minimum Gasteiger partial charge on any atom is -0.487 e. The zero-order valence-corrected chi connectivity index (χ0v) is 16.7. The molecular weight excluding hydrogens is 436 g/mol. The molecule has 0 radical (unpaired) electrons. The lowest BCUT2D eigenvalue weighted by Crippen LogP contribution is -2.22. The van der Waals surface area contributed by atoms with Crippen molar-refractivity contribution < 1.29 is 30.7 Å². The molecule has 1 saturated heterocycles. The van der Waals surface area contributed by atoms with Crippen LogP contribution in [0.1, 0.15) is 12.0 Å². The van der Waals surface area contributed by atoms with Gasteiger partial charge < -0.3 is 9.64 Å². The quantitative estimate of drug-likeness (QED) is 0.684.